The van der Waals surface area contributed by atoms with Crippen molar-refractivity contribution in [3.05, 3.63) is 29.8 Å². The fraction of sp³-hybridized carbons (Fsp3) is 0.450. The van der Waals surface area contributed by atoms with Crippen molar-refractivity contribution in [1.82, 2.24) is 21.3 Å². The number of carboxylic acids is 1. The van der Waals surface area contributed by atoms with Gasteiger partial charge in [0, 0.05) is 6.42 Å². The van der Waals surface area contributed by atoms with Crippen LogP contribution < -0.4 is 27.0 Å². The molecule has 32 heavy (non-hydrogen) atoms. The summed E-state index contributed by atoms with van der Waals surface area (Å²) in [5, 5.41) is 28.6. The van der Waals surface area contributed by atoms with Crippen LogP contribution in [0.1, 0.15) is 24.8 Å². The van der Waals surface area contributed by atoms with E-state index >= 15 is 0 Å². The average molecular weight is 449 g/mol. The van der Waals surface area contributed by atoms with Crippen LogP contribution in [0, 0.1) is 0 Å². The van der Waals surface area contributed by atoms with Gasteiger partial charge in [-0.25, -0.2) is 4.79 Å². The van der Waals surface area contributed by atoms with E-state index in [2.05, 4.69) is 21.3 Å². The van der Waals surface area contributed by atoms with E-state index < -0.39 is 54.8 Å². The Bertz CT molecular complexity index is 852. The van der Waals surface area contributed by atoms with Gasteiger partial charge in [-0.05, 0) is 37.1 Å². The van der Waals surface area contributed by atoms with Gasteiger partial charge in [-0.15, -0.1) is 0 Å². The van der Waals surface area contributed by atoms with Crippen molar-refractivity contribution in [3.63, 3.8) is 0 Å². The number of hydrogen-bond acceptors (Lipinski definition) is 7. The molecule has 1 aromatic rings. The lowest BCUT2D eigenvalue weighted by Gasteiger charge is -2.21. The number of nitrogens with two attached hydrogens (primary N) is 1. The van der Waals surface area contributed by atoms with Crippen LogP contribution in [-0.2, 0) is 30.4 Å². The highest BCUT2D eigenvalue weighted by Crippen LogP contribution is 2.12. The van der Waals surface area contributed by atoms with Crippen molar-refractivity contribution < 1.29 is 34.2 Å². The van der Waals surface area contributed by atoms with Crippen molar-refractivity contribution in [3.8, 4) is 5.75 Å². The maximum absolute atomic E-state index is 12.7. The highest BCUT2D eigenvalue weighted by atomic mass is 16.4. The average Bonchev–Trinajstić information content (AvgIpc) is 3.27. The van der Waals surface area contributed by atoms with Gasteiger partial charge in [-0.3, -0.25) is 19.2 Å². The number of rotatable bonds is 11. The van der Waals surface area contributed by atoms with Crippen molar-refractivity contribution in [2.24, 2.45) is 5.73 Å². The second-order valence-electron chi connectivity index (χ2n) is 7.43. The molecule has 1 aromatic carbocycles. The maximum atomic E-state index is 12.7. The van der Waals surface area contributed by atoms with Crippen LogP contribution in [0.2, 0.25) is 0 Å². The Morgan fingerprint density at radius 1 is 1.09 bits per heavy atom. The summed E-state index contributed by atoms with van der Waals surface area (Å²) in [6.07, 6.45) is 0.982. The van der Waals surface area contributed by atoms with Gasteiger partial charge in [-0.2, -0.15) is 0 Å². The Labute approximate surface area is 183 Å². The molecule has 1 fully saturated rings. The Morgan fingerprint density at radius 3 is 2.34 bits per heavy atom. The molecule has 8 N–H and O–H groups in total. The zero-order chi connectivity index (χ0) is 23.7. The molecule has 12 heteroatoms. The van der Waals surface area contributed by atoms with Crippen molar-refractivity contribution in [1.29, 1.82) is 0 Å². The second-order valence-corrected chi connectivity index (χ2v) is 7.43. The number of hydrogen-bond donors (Lipinski definition) is 7. The van der Waals surface area contributed by atoms with E-state index in [4.69, 9.17) is 10.8 Å². The normalized spacial score (nSPS) is 17.1. The van der Waals surface area contributed by atoms with Crippen LogP contribution in [-0.4, -0.2) is 71.0 Å². The third-order valence-corrected chi connectivity index (χ3v) is 4.85. The van der Waals surface area contributed by atoms with E-state index in [-0.39, 0.29) is 18.1 Å². The van der Waals surface area contributed by atoms with Crippen LogP contribution >= 0.6 is 0 Å². The Hall–Kier alpha value is -3.67. The van der Waals surface area contributed by atoms with E-state index in [1.165, 1.54) is 12.1 Å². The topological polar surface area (TPSA) is 200 Å². The molecule has 0 saturated carbocycles. The molecular formula is C20H27N5O7. The number of phenols is 1. The first-order valence-electron chi connectivity index (χ1n) is 10.1. The third kappa shape index (κ3) is 7.87. The number of phenolic OH excluding ortho intramolecular Hbond substituents is 1. The van der Waals surface area contributed by atoms with Crippen molar-refractivity contribution in [2.75, 3.05) is 13.1 Å². The quantitative estimate of drug-likeness (QED) is 0.196. The number of primary amides is 1. The summed E-state index contributed by atoms with van der Waals surface area (Å²) in [6, 6.07) is 3.15. The van der Waals surface area contributed by atoms with E-state index in [0.717, 1.165) is 6.42 Å². The maximum Gasteiger partial charge on any atom is 0.326 e. The van der Waals surface area contributed by atoms with Gasteiger partial charge in [0.25, 0.3) is 0 Å². The number of carbonyl (C=O) groups is 5. The number of benzene rings is 1. The van der Waals surface area contributed by atoms with Gasteiger partial charge < -0.3 is 37.2 Å². The Morgan fingerprint density at radius 2 is 1.78 bits per heavy atom. The van der Waals surface area contributed by atoms with E-state index in [1.807, 2.05) is 0 Å². The fourth-order valence-electron chi connectivity index (χ4n) is 3.19. The highest BCUT2D eigenvalue weighted by Gasteiger charge is 2.28. The lowest BCUT2D eigenvalue weighted by molar-refractivity contribution is -0.143. The molecule has 3 atom stereocenters. The molecule has 0 aliphatic carbocycles. The largest absolute Gasteiger partial charge is 0.508 e. The first-order valence-corrected chi connectivity index (χ1v) is 10.1. The summed E-state index contributed by atoms with van der Waals surface area (Å²) in [6.45, 7) is 0.133. The van der Waals surface area contributed by atoms with Crippen molar-refractivity contribution >= 4 is 29.6 Å². The second kappa shape index (κ2) is 11.6. The number of amides is 4. The molecule has 4 amide bonds. The SMILES string of the molecule is NC(=O)CC(NC(=O)CNC(=O)C(Cc1ccc(O)cc1)NC(=O)C1CCCN1)C(=O)O. The third-order valence-electron chi connectivity index (χ3n) is 4.85. The van der Waals surface area contributed by atoms with Crippen molar-refractivity contribution in [2.45, 2.75) is 43.8 Å². The van der Waals surface area contributed by atoms with Crippen LogP contribution in [0.4, 0.5) is 0 Å². The minimum Gasteiger partial charge on any atom is -0.508 e. The summed E-state index contributed by atoms with van der Waals surface area (Å²) >= 11 is 0. The predicted molar refractivity (Wildman–Crippen MR) is 111 cm³/mol. The van der Waals surface area contributed by atoms with Gasteiger partial charge in [0.2, 0.25) is 23.6 Å². The van der Waals surface area contributed by atoms with E-state index in [9.17, 15) is 29.1 Å². The van der Waals surface area contributed by atoms with Crippen LogP contribution in [0.5, 0.6) is 5.75 Å². The fourth-order valence-corrected chi connectivity index (χ4v) is 3.19. The summed E-state index contributed by atoms with van der Waals surface area (Å²) in [7, 11) is 0. The molecule has 0 bridgehead atoms. The minimum absolute atomic E-state index is 0.0505. The summed E-state index contributed by atoms with van der Waals surface area (Å²) in [4.78, 5) is 59.3. The molecule has 3 unspecified atom stereocenters. The molecular weight excluding hydrogens is 422 g/mol. The first kappa shape index (κ1) is 24.6. The molecule has 12 nitrogen and oxygen atoms in total. The van der Waals surface area contributed by atoms with Crippen LogP contribution in [0.15, 0.2) is 24.3 Å². The Balaban J connectivity index is 2.00. The minimum atomic E-state index is -1.52. The number of aliphatic carboxylic acids is 1. The van der Waals surface area contributed by atoms with E-state index in [1.54, 1.807) is 12.1 Å². The number of carboxylic acid groups (broad SMARTS) is 1. The van der Waals surface area contributed by atoms with Crippen LogP contribution in [0.25, 0.3) is 0 Å². The van der Waals surface area contributed by atoms with E-state index in [0.29, 0.717) is 18.5 Å². The summed E-state index contributed by atoms with van der Waals surface area (Å²) < 4.78 is 0. The molecule has 0 spiro atoms. The lowest BCUT2D eigenvalue weighted by Crippen LogP contribution is -2.54. The Kier molecular flexibility index (Phi) is 8.95. The van der Waals surface area contributed by atoms with Gasteiger partial charge in [0.15, 0.2) is 0 Å². The first-order chi connectivity index (χ1) is 15.2. The molecule has 0 aromatic heterocycles. The van der Waals surface area contributed by atoms with Gasteiger partial charge in [-0.1, -0.05) is 12.1 Å². The molecule has 174 valence electrons. The zero-order valence-electron chi connectivity index (χ0n) is 17.3. The molecule has 0 radical (unpaired) electrons. The monoisotopic (exact) mass is 449 g/mol. The predicted octanol–water partition coefficient (Wildman–Crippen LogP) is -2.27. The molecule has 1 aliphatic rings. The smallest absolute Gasteiger partial charge is 0.326 e. The molecule has 1 aliphatic heterocycles. The van der Waals surface area contributed by atoms with Crippen LogP contribution in [0.3, 0.4) is 0 Å². The molecule has 1 saturated heterocycles. The number of nitrogens with one attached hydrogen (secondary N) is 4. The van der Waals surface area contributed by atoms with Gasteiger partial charge >= 0.3 is 5.97 Å². The lowest BCUT2D eigenvalue weighted by atomic mass is 10.0. The highest BCUT2D eigenvalue weighted by molar-refractivity contribution is 5.93. The zero-order valence-corrected chi connectivity index (χ0v) is 17.3. The molecule has 1 heterocycles. The standard InChI is InChI=1S/C20H27N5O7/c21-16(27)9-15(20(31)32)24-17(28)10-23-18(29)14(8-11-3-5-12(26)6-4-11)25-19(30)13-2-1-7-22-13/h3-6,13-15,22,26H,1-2,7-10H2,(H2,21,27)(H,23,29)(H,24,28)(H,25,30)(H,31,32). The number of aromatic hydroxyl groups is 1. The summed E-state index contributed by atoms with van der Waals surface area (Å²) in [5.41, 5.74) is 5.63. The number of carbonyl (C=O) groups excluding carboxylic acids is 4. The molecule has 2 rings (SSSR count). The van der Waals surface area contributed by atoms with Gasteiger partial charge in [0.1, 0.15) is 17.8 Å². The summed E-state index contributed by atoms with van der Waals surface area (Å²) in [5.74, 6) is -4.13. The van der Waals surface area contributed by atoms with Gasteiger partial charge in [0.05, 0.1) is 19.0 Å².